The molecule has 0 amide bonds. The molecule has 3 nitrogen and oxygen atoms in total. The van der Waals surface area contributed by atoms with Gasteiger partial charge in [0, 0.05) is 7.11 Å². The molecule has 0 aliphatic heterocycles. The van der Waals surface area contributed by atoms with E-state index in [0.717, 1.165) is 5.56 Å². The average molecular weight is 180 g/mol. The Labute approximate surface area is 77.3 Å². The van der Waals surface area contributed by atoms with E-state index in [1.165, 1.54) is 14.2 Å². The molecule has 0 N–H and O–H groups in total. The zero-order valence-corrected chi connectivity index (χ0v) is 7.69. The molecule has 0 saturated carbocycles. The molecule has 0 aliphatic carbocycles. The quantitative estimate of drug-likeness (QED) is 0.662. The van der Waals surface area contributed by atoms with Crippen molar-refractivity contribution >= 4 is 5.97 Å². The Balaban J connectivity index is 2.85. The lowest BCUT2D eigenvalue weighted by atomic mass is 10.1. The van der Waals surface area contributed by atoms with Crippen molar-refractivity contribution in [3.05, 3.63) is 35.9 Å². The monoisotopic (exact) mass is 180 g/mol. The maximum absolute atomic E-state index is 11.2. The van der Waals surface area contributed by atoms with Crippen LogP contribution in [0.4, 0.5) is 0 Å². The van der Waals surface area contributed by atoms with Crippen LogP contribution < -0.4 is 0 Å². The molecule has 1 atom stereocenters. The van der Waals surface area contributed by atoms with Gasteiger partial charge < -0.3 is 9.47 Å². The van der Waals surface area contributed by atoms with Gasteiger partial charge in [-0.05, 0) is 5.56 Å². The third-order valence-electron chi connectivity index (χ3n) is 1.75. The van der Waals surface area contributed by atoms with Gasteiger partial charge in [-0.1, -0.05) is 30.3 Å². The van der Waals surface area contributed by atoms with Crippen LogP contribution in [-0.2, 0) is 14.3 Å². The van der Waals surface area contributed by atoms with Crippen LogP contribution in [0.2, 0.25) is 0 Å². The van der Waals surface area contributed by atoms with Gasteiger partial charge in [0.1, 0.15) is 0 Å². The van der Waals surface area contributed by atoms with Crippen LogP contribution in [-0.4, -0.2) is 20.2 Å². The number of methoxy groups -OCH3 is 2. The number of rotatable bonds is 3. The molecule has 0 bridgehead atoms. The van der Waals surface area contributed by atoms with Crippen LogP contribution >= 0.6 is 0 Å². The highest BCUT2D eigenvalue weighted by Gasteiger charge is 2.19. The lowest BCUT2D eigenvalue weighted by Crippen LogP contribution is -2.15. The zero-order chi connectivity index (χ0) is 9.68. The summed E-state index contributed by atoms with van der Waals surface area (Å²) in [5.74, 6) is -0.381. The van der Waals surface area contributed by atoms with Gasteiger partial charge in [-0.3, -0.25) is 0 Å². The molecule has 0 heterocycles. The van der Waals surface area contributed by atoms with E-state index in [2.05, 4.69) is 4.74 Å². The molecule has 13 heavy (non-hydrogen) atoms. The molecule has 0 aliphatic rings. The first kappa shape index (κ1) is 9.74. The first-order chi connectivity index (χ1) is 6.29. The van der Waals surface area contributed by atoms with Gasteiger partial charge in [-0.2, -0.15) is 0 Å². The third kappa shape index (κ3) is 2.29. The maximum atomic E-state index is 11.2. The standard InChI is InChI=1S/C10H12O3/c1-12-9(10(11)13-2)8-6-4-3-5-7-8/h3-7,9H,1-2H3/t9-/m0/s1. The van der Waals surface area contributed by atoms with E-state index in [-0.39, 0.29) is 5.97 Å². The number of carbonyl (C=O) groups excluding carboxylic acids is 1. The fraction of sp³-hybridized carbons (Fsp3) is 0.300. The van der Waals surface area contributed by atoms with E-state index in [1.807, 2.05) is 30.3 Å². The minimum atomic E-state index is -0.619. The molecular weight excluding hydrogens is 168 g/mol. The molecule has 0 saturated heterocycles. The van der Waals surface area contributed by atoms with Crippen LogP contribution in [0.15, 0.2) is 30.3 Å². The van der Waals surface area contributed by atoms with Crippen molar-refractivity contribution in [3.63, 3.8) is 0 Å². The van der Waals surface area contributed by atoms with Crippen LogP contribution in [0, 0.1) is 0 Å². The van der Waals surface area contributed by atoms with E-state index in [9.17, 15) is 4.79 Å². The second-order valence-corrected chi connectivity index (χ2v) is 2.55. The van der Waals surface area contributed by atoms with Crippen LogP contribution in [0.3, 0.4) is 0 Å². The smallest absolute Gasteiger partial charge is 0.339 e. The van der Waals surface area contributed by atoms with Gasteiger partial charge in [0.2, 0.25) is 0 Å². The van der Waals surface area contributed by atoms with Gasteiger partial charge in [0.25, 0.3) is 0 Å². The largest absolute Gasteiger partial charge is 0.467 e. The van der Waals surface area contributed by atoms with E-state index in [0.29, 0.717) is 0 Å². The third-order valence-corrected chi connectivity index (χ3v) is 1.75. The first-order valence-corrected chi connectivity index (χ1v) is 3.95. The highest BCUT2D eigenvalue weighted by Crippen LogP contribution is 2.16. The molecule has 1 rings (SSSR count). The predicted octanol–water partition coefficient (Wildman–Crippen LogP) is 1.55. The molecule has 0 spiro atoms. The highest BCUT2D eigenvalue weighted by molar-refractivity contribution is 5.76. The first-order valence-electron chi connectivity index (χ1n) is 3.95. The minimum absolute atomic E-state index is 0.381. The molecule has 0 aromatic heterocycles. The normalized spacial score (nSPS) is 12.2. The summed E-state index contributed by atoms with van der Waals surface area (Å²) in [6, 6.07) is 9.23. The Morgan fingerprint density at radius 2 is 1.85 bits per heavy atom. The molecule has 0 radical (unpaired) electrons. The zero-order valence-electron chi connectivity index (χ0n) is 7.69. The van der Waals surface area contributed by atoms with Gasteiger partial charge in [-0.15, -0.1) is 0 Å². The summed E-state index contributed by atoms with van der Waals surface area (Å²) in [6.45, 7) is 0. The van der Waals surface area contributed by atoms with Gasteiger partial charge in [-0.25, -0.2) is 4.79 Å². The summed E-state index contributed by atoms with van der Waals surface area (Å²) < 4.78 is 9.61. The lowest BCUT2D eigenvalue weighted by Gasteiger charge is -2.12. The highest BCUT2D eigenvalue weighted by atomic mass is 16.6. The second kappa shape index (κ2) is 4.62. The molecule has 3 heteroatoms. The fourth-order valence-electron chi connectivity index (χ4n) is 1.10. The van der Waals surface area contributed by atoms with Crippen molar-refractivity contribution < 1.29 is 14.3 Å². The fourth-order valence-corrected chi connectivity index (χ4v) is 1.10. The number of ether oxygens (including phenoxy) is 2. The summed E-state index contributed by atoms with van der Waals surface area (Å²) >= 11 is 0. The number of esters is 1. The number of carbonyl (C=O) groups is 1. The lowest BCUT2D eigenvalue weighted by molar-refractivity contribution is -0.152. The van der Waals surface area contributed by atoms with Crippen molar-refractivity contribution in [1.82, 2.24) is 0 Å². The Kier molecular flexibility index (Phi) is 3.46. The Morgan fingerprint density at radius 3 is 2.31 bits per heavy atom. The van der Waals surface area contributed by atoms with E-state index in [1.54, 1.807) is 0 Å². The van der Waals surface area contributed by atoms with Gasteiger partial charge in [0.05, 0.1) is 7.11 Å². The van der Waals surface area contributed by atoms with Gasteiger partial charge >= 0.3 is 5.97 Å². The van der Waals surface area contributed by atoms with Crippen LogP contribution in [0.5, 0.6) is 0 Å². The minimum Gasteiger partial charge on any atom is -0.467 e. The van der Waals surface area contributed by atoms with E-state index < -0.39 is 6.10 Å². The Hall–Kier alpha value is -1.35. The number of hydrogen-bond donors (Lipinski definition) is 0. The van der Waals surface area contributed by atoms with Crippen molar-refractivity contribution in [2.24, 2.45) is 0 Å². The predicted molar refractivity (Wildman–Crippen MR) is 48.2 cm³/mol. The summed E-state index contributed by atoms with van der Waals surface area (Å²) in [7, 11) is 2.83. The Bertz CT molecular complexity index is 269. The summed E-state index contributed by atoms with van der Waals surface area (Å²) in [5, 5.41) is 0. The van der Waals surface area contributed by atoms with E-state index >= 15 is 0 Å². The molecule has 1 aromatic rings. The van der Waals surface area contributed by atoms with Crippen LogP contribution in [0.25, 0.3) is 0 Å². The molecule has 70 valence electrons. The van der Waals surface area contributed by atoms with Crippen molar-refractivity contribution in [2.75, 3.05) is 14.2 Å². The maximum Gasteiger partial charge on any atom is 0.339 e. The average Bonchev–Trinajstić information content (AvgIpc) is 2.20. The molecule has 0 unspecified atom stereocenters. The molecule has 1 aromatic carbocycles. The number of hydrogen-bond acceptors (Lipinski definition) is 3. The topological polar surface area (TPSA) is 35.5 Å². The molecular formula is C10H12O3. The van der Waals surface area contributed by atoms with Crippen molar-refractivity contribution in [1.29, 1.82) is 0 Å². The van der Waals surface area contributed by atoms with Crippen molar-refractivity contribution in [2.45, 2.75) is 6.10 Å². The number of benzene rings is 1. The van der Waals surface area contributed by atoms with E-state index in [4.69, 9.17) is 4.74 Å². The van der Waals surface area contributed by atoms with Crippen LogP contribution in [0.1, 0.15) is 11.7 Å². The summed E-state index contributed by atoms with van der Waals surface area (Å²) in [4.78, 5) is 11.2. The molecule has 0 fully saturated rings. The van der Waals surface area contributed by atoms with Gasteiger partial charge in [0.15, 0.2) is 6.10 Å². The SMILES string of the molecule is COC(=O)[C@@H](OC)c1ccccc1. The summed E-state index contributed by atoms with van der Waals surface area (Å²) in [5.41, 5.74) is 0.803. The Morgan fingerprint density at radius 1 is 1.23 bits per heavy atom. The van der Waals surface area contributed by atoms with Crippen molar-refractivity contribution in [3.8, 4) is 0 Å². The summed E-state index contributed by atoms with van der Waals surface area (Å²) in [6.07, 6.45) is -0.619. The second-order valence-electron chi connectivity index (χ2n) is 2.55.